The predicted octanol–water partition coefficient (Wildman–Crippen LogP) is 3.81. The molecule has 0 unspecified atom stereocenters. The van der Waals surface area contributed by atoms with Crippen LogP contribution in [0.5, 0.6) is 5.75 Å². The lowest BCUT2D eigenvalue weighted by atomic mass is 10.0. The van der Waals surface area contributed by atoms with Crippen molar-refractivity contribution in [2.75, 3.05) is 13.7 Å². The van der Waals surface area contributed by atoms with Crippen molar-refractivity contribution in [1.29, 1.82) is 0 Å². The van der Waals surface area contributed by atoms with Crippen LogP contribution in [0.15, 0.2) is 42.5 Å². The zero-order valence-corrected chi connectivity index (χ0v) is 15.4. The van der Waals surface area contributed by atoms with Gasteiger partial charge in [0.15, 0.2) is 0 Å². The second-order valence-electron chi connectivity index (χ2n) is 6.48. The monoisotopic (exact) mass is 353 g/mol. The minimum atomic E-state index is 0.359. The van der Waals surface area contributed by atoms with Crippen molar-refractivity contribution >= 4 is 21.6 Å². The maximum atomic E-state index is 5.61. The quantitative estimate of drug-likeness (QED) is 0.732. The van der Waals surface area contributed by atoms with Gasteiger partial charge in [0, 0.05) is 24.2 Å². The highest BCUT2D eigenvalue weighted by Gasteiger charge is 2.27. The van der Waals surface area contributed by atoms with Gasteiger partial charge in [0.25, 0.3) is 0 Å². The van der Waals surface area contributed by atoms with Crippen LogP contribution in [0.1, 0.15) is 28.6 Å². The first-order valence-electron chi connectivity index (χ1n) is 8.70. The lowest BCUT2D eigenvalue weighted by Crippen LogP contribution is -2.34. The molecule has 2 aromatic carbocycles. The summed E-state index contributed by atoms with van der Waals surface area (Å²) in [5.74, 6) is 0.936. The summed E-state index contributed by atoms with van der Waals surface area (Å²) in [7, 11) is 1.74. The van der Waals surface area contributed by atoms with E-state index in [0.717, 1.165) is 35.8 Å². The van der Waals surface area contributed by atoms with Crippen LogP contribution in [-0.2, 0) is 6.54 Å². The van der Waals surface area contributed by atoms with E-state index in [9.17, 15) is 0 Å². The van der Waals surface area contributed by atoms with E-state index in [1.165, 1.54) is 15.8 Å². The third-order valence-corrected chi connectivity index (χ3v) is 5.77. The third-order valence-electron chi connectivity index (χ3n) is 4.83. The molecule has 4 nitrogen and oxygen atoms in total. The molecule has 3 aromatic rings. The Hall–Kier alpha value is -1.95. The lowest BCUT2D eigenvalue weighted by molar-refractivity contribution is 0.402. The van der Waals surface area contributed by atoms with E-state index in [1.54, 1.807) is 18.4 Å². The summed E-state index contributed by atoms with van der Waals surface area (Å²) in [5, 5.41) is 8.43. The second kappa shape index (κ2) is 7.12. The third kappa shape index (κ3) is 3.40. The molecule has 1 aliphatic heterocycles. The maximum Gasteiger partial charge on any atom is 0.124 e. The largest absolute Gasteiger partial charge is 0.496 e. The number of aryl methyl sites for hydroxylation is 1. The van der Waals surface area contributed by atoms with Crippen LogP contribution < -0.4 is 15.4 Å². The summed E-state index contributed by atoms with van der Waals surface area (Å²) < 4.78 is 6.80. The standard InChI is InChI=1S/C20H23N3OS/c1-13-23-17-10-15(18(24-2)11-19(17)25-13)12-22-16-8-9-21-20(16)14-6-4-3-5-7-14/h3-7,10-11,16,20-22H,8-9,12H2,1-2H3/t16-,20-/m1/s1. The van der Waals surface area contributed by atoms with Gasteiger partial charge in [-0.3, -0.25) is 0 Å². The van der Waals surface area contributed by atoms with Gasteiger partial charge in [0.2, 0.25) is 0 Å². The second-order valence-corrected chi connectivity index (χ2v) is 7.72. The number of hydrogen-bond donors (Lipinski definition) is 2. The topological polar surface area (TPSA) is 46.2 Å². The van der Waals surface area contributed by atoms with Gasteiger partial charge in [-0.15, -0.1) is 11.3 Å². The first kappa shape index (κ1) is 16.5. The molecule has 0 bridgehead atoms. The van der Waals surface area contributed by atoms with E-state index < -0.39 is 0 Å². The number of methoxy groups -OCH3 is 1. The van der Waals surface area contributed by atoms with Gasteiger partial charge in [0.1, 0.15) is 5.75 Å². The molecule has 5 heteroatoms. The molecule has 0 spiro atoms. The molecule has 0 amide bonds. The van der Waals surface area contributed by atoms with E-state index in [1.807, 2.05) is 6.92 Å². The molecule has 2 heterocycles. The molecule has 1 aliphatic rings. The number of nitrogens with zero attached hydrogens (tertiary/aromatic N) is 1. The molecule has 2 N–H and O–H groups in total. The van der Waals surface area contributed by atoms with Crippen molar-refractivity contribution < 1.29 is 4.74 Å². The van der Waals surface area contributed by atoms with Crippen molar-refractivity contribution in [3.8, 4) is 5.75 Å². The molecule has 0 saturated carbocycles. The minimum Gasteiger partial charge on any atom is -0.496 e. The Morgan fingerprint density at radius 3 is 2.92 bits per heavy atom. The van der Waals surface area contributed by atoms with Crippen molar-refractivity contribution in [2.24, 2.45) is 0 Å². The zero-order valence-electron chi connectivity index (χ0n) is 14.6. The number of rotatable bonds is 5. The predicted molar refractivity (Wildman–Crippen MR) is 103 cm³/mol. The molecule has 1 saturated heterocycles. The summed E-state index contributed by atoms with van der Waals surface area (Å²) in [5.41, 5.74) is 3.57. The van der Waals surface area contributed by atoms with E-state index >= 15 is 0 Å². The Kier molecular flexibility index (Phi) is 4.70. The zero-order chi connectivity index (χ0) is 17.2. The normalized spacial score (nSPS) is 20.2. The Balaban J connectivity index is 1.53. The number of aromatic nitrogens is 1. The fourth-order valence-electron chi connectivity index (χ4n) is 3.62. The van der Waals surface area contributed by atoms with Gasteiger partial charge in [-0.05, 0) is 37.6 Å². The summed E-state index contributed by atoms with van der Waals surface area (Å²) >= 11 is 1.71. The van der Waals surface area contributed by atoms with Crippen molar-refractivity contribution in [3.63, 3.8) is 0 Å². The highest BCUT2D eigenvalue weighted by molar-refractivity contribution is 7.18. The van der Waals surface area contributed by atoms with Crippen LogP contribution in [0.4, 0.5) is 0 Å². The van der Waals surface area contributed by atoms with Crippen molar-refractivity contribution in [3.05, 3.63) is 58.6 Å². The van der Waals surface area contributed by atoms with Gasteiger partial charge < -0.3 is 15.4 Å². The first-order chi connectivity index (χ1) is 12.2. The Labute approximate surface area is 152 Å². The van der Waals surface area contributed by atoms with E-state index in [-0.39, 0.29) is 0 Å². The number of benzene rings is 2. The molecule has 1 aromatic heterocycles. The van der Waals surface area contributed by atoms with Gasteiger partial charge >= 0.3 is 0 Å². The number of ether oxygens (including phenoxy) is 1. The van der Waals surface area contributed by atoms with Gasteiger partial charge in [0.05, 0.1) is 22.3 Å². The summed E-state index contributed by atoms with van der Waals surface area (Å²) in [4.78, 5) is 4.61. The lowest BCUT2D eigenvalue weighted by Gasteiger charge is -2.22. The van der Waals surface area contributed by atoms with Crippen LogP contribution in [0, 0.1) is 6.92 Å². The fourth-order valence-corrected chi connectivity index (χ4v) is 4.45. The maximum absolute atomic E-state index is 5.61. The molecule has 0 radical (unpaired) electrons. The number of nitrogens with one attached hydrogen (secondary N) is 2. The van der Waals surface area contributed by atoms with Crippen LogP contribution >= 0.6 is 11.3 Å². The number of hydrogen-bond acceptors (Lipinski definition) is 5. The highest BCUT2D eigenvalue weighted by Crippen LogP contribution is 2.30. The van der Waals surface area contributed by atoms with E-state index in [2.05, 4.69) is 58.1 Å². The molecule has 25 heavy (non-hydrogen) atoms. The average molecular weight is 353 g/mol. The van der Waals surface area contributed by atoms with Crippen LogP contribution in [0.2, 0.25) is 0 Å². The number of fused-ring (bicyclic) bond motifs is 1. The van der Waals surface area contributed by atoms with Gasteiger partial charge in [-0.1, -0.05) is 30.3 Å². The first-order valence-corrected chi connectivity index (χ1v) is 9.52. The van der Waals surface area contributed by atoms with E-state index in [4.69, 9.17) is 4.74 Å². The SMILES string of the molecule is COc1cc2sc(C)nc2cc1CN[C@@H]1CCN[C@@H]1c1ccccc1. The van der Waals surface area contributed by atoms with Crippen LogP contribution in [0.3, 0.4) is 0 Å². The average Bonchev–Trinajstić information content (AvgIpc) is 3.24. The molecular formula is C20H23N3OS. The molecule has 1 fully saturated rings. The fraction of sp³-hybridized carbons (Fsp3) is 0.350. The molecule has 2 atom stereocenters. The summed E-state index contributed by atoms with van der Waals surface area (Å²) in [6.45, 7) is 3.87. The Morgan fingerprint density at radius 2 is 2.12 bits per heavy atom. The summed E-state index contributed by atoms with van der Waals surface area (Å²) in [6, 6.07) is 15.7. The van der Waals surface area contributed by atoms with Gasteiger partial charge in [-0.25, -0.2) is 4.98 Å². The molecule has 4 rings (SSSR count). The number of thiazole rings is 1. The van der Waals surface area contributed by atoms with Crippen LogP contribution in [-0.4, -0.2) is 24.7 Å². The Bertz CT molecular complexity index is 862. The van der Waals surface area contributed by atoms with Crippen LogP contribution in [0.25, 0.3) is 10.2 Å². The van der Waals surface area contributed by atoms with Crippen molar-refractivity contribution in [1.82, 2.24) is 15.6 Å². The summed E-state index contributed by atoms with van der Waals surface area (Å²) in [6.07, 6.45) is 1.12. The Morgan fingerprint density at radius 1 is 1.28 bits per heavy atom. The molecule has 0 aliphatic carbocycles. The van der Waals surface area contributed by atoms with Gasteiger partial charge in [-0.2, -0.15) is 0 Å². The minimum absolute atomic E-state index is 0.359. The highest BCUT2D eigenvalue weighted by atomic mass is 32.1. The molecule has 130 valence electrons. The van der Waals surface area contributed by atoms with E-state index in [0.29, 0.717) is 12.1 Å². The van der Waals surface area contributed by atoms with Crippen molar-refractivity contribution in [2.45, 2.75) is 32.0 Å². The smallest absolute Gasteiger partial charge is 0.124 e. The molecular weight excluding hydrogens is 330 g/mol.